The van der Waals surface area contributed by atoms with Crippen molar-refractivity contribution >= 4 is 29.9 Å². The highest BCUT2D eigenvalue weighted by Gasteiger charge is 2.23. The van der Waals surface area contributed by atoms with Crippen molar-refractivity contribution in [1.29, 1.82) is 0 Å². The number of nitrogens with one attached hydrogen (secondary N) is 2. The summed E-state index contributed by atoms with van der Waals surface area (Å²) in [4.78, 5) is 12.6. The van der Waals surface area contributed by atoms with Gasteiger partial charge >= 0.3 is 0 Å². The van der Waals surface area contributed by atoms with Crippen molar-refractivity contribution in [2.24, 2.45) is 10.9 Å². The molecule has 0 spiro atoms. The van der Waals surface area contributed by atoms with E-state index < -0.39 is 0 Å². The Morgan fingerprint density at radius 3 is 2.03 bits per heavy atom. The largest absolute Gasteiger partial charge is 0.357 e. The molecule has 0 aliphatic carbocycles. The van der Waals surface area contributed by atoms with Gasteiger partial charge in [-0.15, -0.1) is 24.0 Å². The molecule has 6 nitrogen and oxygen atoms in total. The Morgan fingerprint density at radius 2 is 1.48 bits per heavy atom. The summed E-state index contributed by atoms with van der Waals surface area (Å²) in [6.45, 7) is 19.1. The molecule has 0 aromatic heterocycles. The zero-order valence-electron chi connectivity index (χ0n) is 19.6. The molecule has 2 aliphatic rings. The highest BCUT2D eigenvalue weighted by atomic mass is 127. The minimum absolute atomic E-state index is 0. The molecule has 2 aliphatic heterocycles. The maximum atomic E-state index is 4.92. The van der Waals surface area contributed by atoms with E-state index in [2.05, 4.69) is 60.1 Å². The van der Waals surface area contributed by atoms with Crippen LogP contribution in [-0.4, -0.2) is 98.7 Å². The number of halogens is 1. The van der Waals surface area contributed by atoms with E-state index in [4.69, 9.17) is 4.99 Å². The van der Waals surface area contributed by atoms with Gasteiger partial charge in [-0.25, -0.2) is 0 Å². The van der Waals surface area contributed by atoms with Crippen molar-refractivity contribution in [3.63, 3.8) is 0 Å². The number of aliphatic imine (C=N–C) groups is 1. The summed E-state index contributed by atoms with van der Waals surface area (Å²) in [5.74, 6) is 1.63. The zero-order valence-corrected chi connectivity index (χ0v) is 22.0. The minimum atomic E-state index is 0. The molecule has 2 atom stereocenters. The molecule has 2 rings (SSSR count). The van der Waals surface area contributed by atoms with Crippen molar-refractivity contribution in [2.45, 2.75) is 65.5 Å². The molecule has 2 N–H and O–H groups in total. The van der Waals surface area contributed by atoms with E-state index in [0.29, 0.717) is 18.0 Å². The van der Waals surface area contributed by atoms with E-state index in [0.717, 1.165) is 51.8 Å². The second-order valence-electron chi connectivity index (χ2n) is 9.05. The van der Waals surface area contributed by atoms with Gasteiger partial charge in [0.2, 0.25) is 0 Å². The van der Waals surface area contributed by atoms with Crippen LogP contribution in [0.4, 0.5) is 0 Å². The molecule has 2 saturated heterocycles. The molecule has 2 fully saturated rings. The lowest BCUT2D eigenvalue weighted by Gasteiger charge is -2.36. The van der Waals surface area contributed by atoms with Crippen LogP contribution < -0.4 is 10.6 Å². The van der Waals surface area contributed by atoms with Gasteiger partial charge in [-0.2, -0.15) is 0 Å². The summed E-state index contributed by atoms with van der Waals surface area (Å²) >= 11 is 0. The third-order valence-electron chi connectivity index (χ3n) is 6.38. The second-order valence-corrected chi connectivity index (χ2v) is 9.05. The molecular weight excluding hydrogens is 475 g/mol. The number of guanidine groups is 1. The van der Waals surface area contributed by atoms with Gasteiger partial charge in [0.1, 0.15) is 0 Å². The van der Waals surface area contributed by atoms with Gasteiger partial charge in [0.05, 0.1) is 6.54 Å². The Morgan fingerprint density at radius 1 is 0.862 bits per heavy atom. The standard InChI is InChI=1S/C22H46N6.HI/c1-6-23-22(24-17-20(4)27-15-13-26(5)14-16-27)25-18-21(19(2)3)28-11-9-7-8-10-12-28;/h19-21H,6-18H2,1-5H3,(H2,23,24,25);1H. The van der Waals surface area contributed by atoms with Crippen LogP contribution in [0.15, 0.2) is 4.99 Å². The number of likely N-dealkylation sites (N-methyl/N-ethyl adjacent to an activating group) is 1. The molecular formula is C22H47IN6. The lowest BCUT2D eigenvalue weighted by Crippen LogP contribution is -2.51. The maximum Gasteiger partial charge on any atom is 0.191 e. The van der Waals surface area contributed by atoms with Gasteiger partial charge < -0.3 is 15.5 Å². The Kier molecular flexibility index (Phi) is 13.7. The average molecular weight is 523 g/mol. The van der Waals surface area contributed by atoms with Gasteiger partial charge in [-0.1, -0.05) is 26.7 Å². The smallest absolute Gasteiger partial charge is 0.191 e. The van der Waals surface area contributed by atoms with Crippen LogP contribution >= 0.6 is 24.0 Å². The minimum Gasteiger partial charge on any atom is -0.357 e. The molecule has 172 valence electrons. The van der Waals surface area contributed by atoms with Gasteiger partial charge in [0.15, 0.2) is 5.96 Å². The van der Waals surface area contributed by atoms with E-state index in [9.17, 15) is 0 Å². The Hall–Kier alpha value is -0.120. The van der Waals surface area contributed by atoms with Crippen LogP contribution in [0.5, 0.6) is 0 Å². The first-order valence-electron chi connectivity index (χ1n) is 11.7. The molecule has 2 heterocycles. The molecule has 0 saturated carbocycles. The van der Waals surface area contributed by atoms with Crippen LogP contribution in [0.2, 0.25) is 0 Å². The molecule has 0 amide bonds. The first-order chi connectivity index (χ1) is 13.5. The lowest BCUT2D eigenvalue weighted by molar-refractivity contribution is 0.122. The fourth-order valence-electron chi connectivity index (χ4n) is 4.36. The van der Waals surface area contributed by atoms with E-state index in [1.54, 1.807) is 0 Å². The topological polar surface area (TPSA) is 46.1 Å². The summed E-state index contributed by atoms with van der Waals surface area (Å²) in [6, 6.07) is 1.08. The van der Waals surface area contributed by atoms with Crippen molar-refractivity contribution in [2.75, 3.05) is 66.0 Å². The van der Waals surface area contributed by atoms with Crippen molar-refractivity contribution in [3.8, 4) is 0 Å². The Labute approximate surface area is 197 Å². The number of hydrogen-bond donors (Lipinski definition) is 2. The molecule has 29 heavy (non-hydrogen) atoms. The molecule has 0 bridgehead atoms. The number of hydrogen-bond acceptors (Lipinski definition) is 4. The predicted octanol–water partition coefficient (Wildman–Crippen LogP) is 2.70. The van der Waals surface area contributed by atoms with Gasteiger partial charge in [-0.3, -0.25) is 14.8 Å². The van der Waals surface area contributed by atoms with Crippen LogP contribution in [-0.2, 0) is 0 Å². The molecule has 7 heteroatoms. The first-order valence-corrected chi connectivity index (χ1v) is 11.7. The molecule has 0 radical (unpaired) electrons. The van der Waals surface area contributed by atoms with Crippen LogP contribution in [0.25, 0.3) is 0 Å². The fourth-order valence-corrected chi connectivity index (χ4v) is 4.36. The van der Waals surface area contributed by atoms with Crippen LogP contribution in [0.1, 0.15) is 53.4 Å². The Bertz CT molecular complexity index is 443. The second kappa shape index (κ2) is 14.8. The summed E-state index contributed by atoms with van der Waals surface area (Å²) in [5, 5.41) is 7.11. The maximum absolute atomic E-state index is 4.92. The summed E-state index contributed by atoms with van der Waals surface area (Å²) in [7, 11) is 2.21. The highest BCUT2D eigenvalue weighted by molar-refractivity contribution is 14.0. The van der Waals surface area contributed by atoms with E-state index in [1.165, 1.54) is 38.8 Å². The quantitative estimate of drug-likeness (QED) is 0.292. The lowest BCUT2D eigenvalue weighted by atomic mass is 10.0. The van der Waals surface area contributed by atoms with E-state index in [1.807, 2.05) is 0 Å². The SMILES string of the molecule is CCNC(=NCC(C)N1CCN(C)CC1)NCC(C(C)C)N1CCCCCC1.I. The monoisotopic (exact) mass is 522 g/mol. The predicted molar refractivity (Wildman–Crippen MR) is 137 cm³/mol. The van der Waals surface area contributed by atoms with Crippen molar-refractivity contribution in [3.05, 3.63) is 0 Å². The van der Waals surface area contributed by atoms with Crippen molar-refractivity contribution in [1.82, 2.24) is 25.3 Å². The summed E-state index contributed by atoms with van der Waals surface area (Å²) < 4.78 is 0. The van der Waals surface area contributed by atoms with E-state index in [-0.39, 0.29) is 24.0 Å². The molecule has 2 unspecified atom stereocenters. The van der Waals surface area contributed by atoms with Crippen LogP contribution in [0.3, 0.4) is 0 Å². The number of nitrogens with zero attached hydrogens (tertiary/aromatic N) is 4. The average Bonchev–Trinajstić information content (AvgIpc) is 2.95. The Balaban J connectivity index is 0.00000420. The summed E-state index contributed by atoms with van der Waals surface area (Å²) in [5.41, 5.74) is 0. The van der Waals surface area contributed by atoms with E-state index >= 15 is 0 Å². The van der Waals surface area contributed by atoms with Gasteiger partial charge in [0, 0.05) is 51.4 Å². The fraction of sp³-hybridized carbons (Fsp3) is 0.955. The van der Waals surface area contributed by atoms with Gasteiger partial charge in [0.25, 0.3) is 0 Å². The third-order valence-corrected chi connectivity index (χ3v) is 6.38. The van der Waals surface area contributed by atoms with Gasteiger partial charge in [-0.05, 0) is 52.7 Å². The van der Waals surface area contributed by atoms with Crippen LogP contribution in [0, 0.1) is 5.92 Å². The number of piperazine rings is 1. The highest BCUT2D eigenvalue weighted by Crippen LogP contribution is 2.17. The molecule has 0 aromatic carbocycles. The number of likely N-dealkylation sites (tertiary alicyclic amines) is 1. The molecule has 0 aromatic rings. The number of rotatable bonds is 8. The summed E-state index contributed by atoms with van der Waals surface area (Å²) in [6.07, 6.45) is 5.48. The zero-order chi connectivity index (χ0) is 20.4. The third kappa shape index (κ3) is 9.70. The first kappa shape index (κ1) is 26.9. The van der Waals surface area contributed by atoms with Crippen molar-refractivity contribution < 1.29 is 0 Å². The normalized spacial score (nSPS) is 22.6.